The van der Waals surface area contributed by atoms with Crippen molar-refractivity contribution in [2.45, 2.75) is 11.5 Å². The van der Waals surface area contributed by atoms with Gasteiger partial charge in [-0.1, -0.05) is 6.07 Å². The van der Waals surface area contributed by atoms with E-state index in [1.54, 1.807) is 12.1 Å². The second-order valence-corrected chi connectivity index (χ2v) is 8.92. The van der Waals surface area contributed by atoms with Crippen LogP contribution >= 0.6 is 11.7 Å². The number of aromatic nitrogens is 2. The number of benzene rings is 2. The fourth-order valence-corrected chi connectivity index (χ4v) is 5.40. The second-order valence-electron chi connectivity index (χ2n) is 6.49. The van der Waals surface area contributed by atoms with E-state index < -0.39 is 16.6 Å². The minimum Gasteiger partial charge on any atom is -0.435 e. The summed E-state index contributed by atoms with van der Waals surface area (Å²) >= 11 is 0.949. The number of nitrogens with zero attached hydrogens (tertiary/aromatic N) is 4. The van der Waals surface area contributed by atoms with E-state index in [1.807, 2.05) is 0 Å². The molecular formula is C18H16F2N4O4S2. The van der Waals surface area contributed by atoms with Crippen molar-refractivity contribution in [2.24, 2.45) is 0 Å². The molecule has 1 aromatic heterocycles. The van der Waals surface area contributed by atoms with Gasteiger partial charge in [0, 0.05) is 31.7 Å². The Morgan fingerprint density at radius 3 is 2.40 bits per heavy atom. The van der Waals surface area contributed by atoms with E-state index in [4.69, 9.17) is 0 Å². The normalized spacial score (nSPS) is 15.6. The minimum absolute atomic E-state index is 0.0387. The fraction of sp³-hybridized carbons (Fsp3) is 0.278. The Balaban J connectivity index is 1.44. The number of carbonyl (C=O) groups excluding carboxylic acids is 1. The van der Waals surface area contributed by atoms with E-state index in [1.165, 1.54) is 39.5 Å². The van der Waals surface area contributed by atoms with Crippen molar-refractivity contribution in [3.63, 3.8) is 0 Å². The maximum absolute atomic E-state index is 13.1. The van der Waals surface area contributed by atoms with Crippen LogP contribution in [0.15, 0.2) is 47.4 Å². The molecule has 0 bridgehead atoms. The van der Waals surface area contributed by atoms with Gasteiger partial charge in [0.25, 0.3) is 5.91 Å². The van der Waals surface area contributed by atoms with Crippen molar-refractivity contribution in [1.29, 1.82) is 0 Å². The fourth-order valence-electron chi connectivity index (χ4n) is 3.22. The number of hydrogen-bond donors (Lipinski definition) is 0. The van der Waals surface area contributed by atoms with Crippen LogP contribution in [-0.4, -0.2) is 65.1 Å². The Hall–Kier alpha value is -2.70. The number of fused-ring (bicyclic) bond motifs is 1. The molecule has 12 heteroatoms. The van der Waals surface area contributed by atoms with Gasteiger partial charge in [-0.2, -0.15) is 21.8 Å². The number of carbonyl (C=O) groups is 1. The number of sulfonamides is 1. The van der Waals surface area contributed by atoms with Crippen molar-refractivity contribution in [1.82, 2.24) is 18.0 Å². The lowest BCUT2D eigenvalue weighted by Crippen LogP contribution is -2.50. The summed E-state index contributed by atoms with van der Waals surface area (Å²) in [6, 6.07) is 10.2. The summed E-state index contributed by atoms with van der Waals surface area (Å²) in [6.07, 6.45) is 0. The molecule has 0 atom stereocenters. The highest BCUT2D eigenvalue weighted by molar-refractivity contribution is 7.89. The zero-order valence-corrected chi connectivity index (χ0v) is 17.1. The van der Waals surface area contributed by atoms with Gasteiger partial charge in [-0.15, -0.1) is 0 Å². The van der Waals surface area contributed by atoms with Crippen LogP contribution in [0.4, 0.5) is 8.78 Å². The topological polar surface area (TPSA) is 92.7 Å². The molecule has 8 nitrogen and oxygen atoms in total. The third-order valence-corrected chi connectivity index (χ3v) is 7.19. The van der Waals surface area contributed by atoms with E-state index >= 15 is 0 Å². The molecule has 1 aliphatic rings. The standard InChI is InChI=1S/C18H16F2N4O4S2/c19-18(20)28-13-6-4-12(5-7-13)17(25)23-8-10-24(11-9-23)30(26,27)15-3-1-2-14-16(15)22-29-21-14/h1-7,18H,8-11H2. The summed E-state index contributed by atoms with van der Waals surface area (Å²) in [5.74, 6) is -0.343. The first-order chi connectivity index (χ1) is 14.4. The molecule has 1 amide bonds. The van der Waals surface area contributed by atoms with Gasteiger partial charge in [0.1, 0.15) is 21.7 Å². The number of alkyl halides is 2. The van der Waals surface area contributed by atoms with Crippen LogP contribution < -0.4 is 4.74 Å². The van der Waals surface area contributed by atoms with Gasteiger partial charge >= 0.3 is 6.61 Å². The minimum atomic E-state index is -3.78. The highest BCUT2D eigenvalue weighted by Gasteiger charge is 2.32. The van der Waals surface area contributed by atoms with Crippen LogP contribution in [0.2, 0.25) is 0 Å². The largest absolute Gasteiger partial charge is 0.435 e. The van der Waals surface area contributed by atoms with Gasteiger partial charge in [0.15, 0.2) is 0 Å². The predicted octanol–water partition coefficient (Wildman–Crippen LogP) is 2.44. The molecule has 4 rings (SSSR count). The smallest absolute Gasteiger partial charge is 0.387 e. The first-order valence-corrected chi connectivity index (χ1v) is 11.1. The number of rotatable bonds is 5. The molecule has 0 N–H and O–H groups in total. The highest BCUT2D eigenvalue weighted by Crippen LogP contribution is 2.25. The van der Waals surface area contributed by atoms with E-state index in [0.717, 1.165) is 11.7 Å². The van der Waals surface area contributed by atoms with Gasteiger partial charge in [-0.05, 0) is 36.4 Å². The van der Waals surface area contributed by atoms with Crippen LogP contribution in [0.3, 0.4) is 0 Å². The molecular weight excluding hydrogens is 438 g/mol. The van der Waals surface area contributed by atoms with Crippen LogP contribution in [-0.2, 0) is 10.0 Å². The van der Waals surface area contributed by atoms with Crippen molar-refractivity contribution >= 4 is 38.7 Å². The first-order valence-electron chi connectivity index (χ1n) is 8.92. The van der Waals surface area contributed by atoms with Crippen LogP contribution in [0.5, 0.6) is 5.75 Å². The molecule has 0 radical (unpaired) electrons. The third kappa shape index (κ3) is 3.98. The number of ether oxygens (including phenoxy) is 1. The average Bonchev–Trinajstić information content (AvgIpc) is 3.22. The average molecular weight is 454 g/mol. The Morgan fingerprint density at radius 1 is 1.03 bits per heavy atom. The van der Waals surface area contributed by atoms with Gasteiger partial charge in [0.05, 0.1) is 11.7 Å². The molecule has 0 saturated carbocycles. The number of piperazine rings is 1. The van der Waals surface area contributed by atoms with Gasteiger partial charge < -0.3 is 9.64 Å². The molecule has 1 aliphatic heterocycles. The zero-order chi connectivity index (χ0) is 21.3. The summed E-state index contributed by atoms with van der Waals surface area (Å²) in [6.45, 7) is -2.26. The number of halogens is 2. The maximum Gasteiger partial charge on any atom is 0.387 e. The lowest BCUT2D eigenvalue weighted by Gasteiger charge is -2.34. The van der Waals surface area contributed by atoms with Crippen LogP contribution in [0.1, 0.15) is 10.4 Å². The molecule has 2 aromatic carbocycles. The quantitative estimate of drug-likeness (QED) is 0.588. The van der Waals surface area contributed by atoms with E-state index in [9.17, 15) is 22.0 Å². The Labute approximate surface area is 175 Å². The lowest BCUT2D eigenvalue weighted by atomic mass is 10.2. The van der Waals surface area contributed by atoms with Crippen LogP contribution in [0, 0.1) is 0 Å². The monoisotopic (exact) mass is 454 g/mol. The summed E-state index contributed by atoms with van der Waals surface area (Å²) in [5.41, 5.74) is 1.17. The summed E-state index contributed by atoms with van der Waals surface area (Å²) < 4.78 is 64.3. The molecule has 2 heterocycles. The summed E-state index contributed by atoms with van der Waals surface area (Å²) in [4.78, 5) is 14.3. The molecule has 1 saturated heterocycles. The lowest BCUT2D eigenvalue weighted by molar-refractivity contribution is -0.0498. The SMILES string of the molecule is O=C(c1ccc(OC(F)F)cc1)N1CCN(S(=O)(=O)c2cccc3nsnc23)CC1. The van der Waals surface area contributed by atoms with Crippen molar-refractivity contribution in [3.05, 3.63) is 48.0 Å². The predicted molar refractivity (Wildman–Crippen MR) is 105 cm³/mol. The van der Waals surface area contributed by atoms with Crippen LogP contribution in [0.25, 0.3) is 11.0 Å². The van der Waals surface area contributed by atoms with E-state index in [0.29, 0.717) is 16.6 Å². The third-order valence-electron chi connectivity index (χ3n) is 4.72. The summed E-state index contributed by atoms with van der Waals surface area (Å²) in [5, 5.41) is 0. The highest BCUT2D eigenvalue weighted by atomic mass is 32.2. The maximum atomic E-state index is 13.1. The van der Waals surface area contributed by atoms with Gasteiger partial charge in [-0.25, -0.2) is 8.42 Å². The molecule has 3 aromatic rings. The molecule has 30 heavy (non-hydrogen) atoms. The van der Waals surface area contributed by atoms with Crippen molar-refractivity contribution < 1.29 is 26.7 Å². The second kappa shape index (κ2) is 8.20. The Bertz CT molecular complexity index is 1160. The van der Waals surface area contributed by atoms with Crippen molar-refractivity contribution in [2.75, 3.05) is 26.2 Å². The van der Waals surface area contributed by atoms with E-state index in [-0.39, 0.29) is 42.7 Å². The first kappa shape index (κ1) is 20.6. The van der Waals surface area contributed by atoms with E-state index in [2.05, 4.69) is 13.5 Å². The van der Waals surface area contributed by atoms with Gasteiger partial charge in [0.2, 0.25) is 10.0 Å². The molecule has 0 unspecified atom stereocenters. The number of amides is 1. The van der Waals surface area contributed by atoms with Gasteiger partial charge in [-0.3, -0.25) is 4.79 Å². The summed E-state index contributed by atoms with van der Waals surface area (Å²) in [7, 11) is -3.78. The number of hydrogen-bond acceptors (Lipinski definition) is 7. The molecule has 1 fully saturated rings. The van der Waals surface area contributed by atoms with Crippen molar-refractivity contribution in [3.8, 4) is 5.75 Å². The molecule has 0 spiro atoms. The molecule has 0 aliphatic carbocycles. The Morgan fingerprint density at radius 2 is 1.73 bits per heavy atom. The zero-order valence-electron chi connectivity index (χ0n) is 15.4. The Kier molecular flexibility index (Phi) is 5.62. The molecule has 158 valence electrons.